The van der Waals surface area contributed by atoms with Crippen LogP contribution in [-0.4, -0.2) is 44.6 Å². The summed E-state index contributed by atoms with van der Waals surface area (Å²) in [5.41, 5.74) is 1.21. The van der Waals surface area contributed by atoms with Crippen LogP contribution in [0.5, 0.6) is 0 Å². The molecule has 0 unspecified atom stereocenters. The predicted octanol–water partition coefficient (Wildman–Crippen LogP) is 2.39. The van der Waals surface area contributed by atoms with Crippen molar-refractivity contribution in [2.45, 2.75) is 4.90 Å². The van der Waals surface area contributed by atoms with Crippen molar-refractivity contribution in [2.24, 2.45) is 4.99 Å². The maximum absolute atomic E-state index is 4.41. The first kappa shape index (κ1) is 12.3. The molecule has 0 bridgehead atoms. The summed E-state index contributed by atoms with van der Waals surface area (Å²) in [6.07, 6.45) is 4.06. The number of aliphatic imine (C=N–C) groups is 1. The Morgan fingerprint density at radius 1 is 1.33 bits per heavy atom. The fraction of sp³-hybridized carbons (Fsp3) is 0.417. The summed E-state index contributed by atoms with van der Waals surface area (Å²) < 4.78 is 0. The van der Waals surface area contributed by atoms with E-state index in [0.717, 1.165) is 13.1 Å². The van der Waals surface area contributed by atoms with Crippen LogP contribution in [0.2, 0.25) is 0 Å². The molecule has 0 fully saturated rings. The van der Waals surface area contributed by atoms with Gasteiger partial charge in [0.1, 0.15) is 0 Å². The van der Waals surface area contributed by atoms with Gasteiger partial charge >= 0.3 is 0 Å². The van der Waals surface area contributed by atoms with Crippen molar-refractivity contribution >= 4 is 18.0 Å². The third kappa shape index (κ3) is 4.49. The molecule has 0 radical (unpaired) electrons. The summed E-state index contributed by atoms with van der Waals surface area (Å²) in [5, 5.41) is 0. The van der Waals surface area contributed by atoms with Crippen molar-refractivity contribution in [3.8, 4) is 0 Å². The second kappa shape index (κ2) is 6.64. The molecule has 0 amide bonds. The summed E-state index contributed by atoms with van der Waals surface area (Å²) in [4.78, 5) is 7.83. The molecule has 0 aliphatic rings. The number of likely N-dealkylation sites (N-methyl/N-ethyl adjacent to an activating group) is 1. The maximum atomic E-state index is 4.41. The minimum Gasteiger partial charge on any atom is -0.308 e. The normalized spacial score (nSPS) is 11.5. The van der Waals surface area contributed by atoms with Crippen LogP contribution >= 0.6 is 11.8 Å². The van der Waals surface area contributed by atoms with Gasteiger partial charge in [0.2, 0.25) is 0 Å². The highest BCUT2D eigenvalue weighted by atomic mass is 32.2. The van der Waals surface area contributed by atoms with Crippen LogP contribution in [-0.2, 0) is 0 Å². The van der Waals surface area contributed by atoms with Gasteiger partial charge in [0, 0.05) is 23.2 Å². The molecule has 15 heavy (non-hydrogen) atoms. The molecule has 0 aliphatic heterocycles. The van der Waals surface area contributed by atoms with E-state index in [2.05, 4.69) is 48.4 Å². The molecule has 0 N–H and O–H groups in total. The highest BCUT2D eigenvalue weighted by molar-refractivity contribution is 7.98. The Balaban J connectivity index is 2.55. The van der Waals surface area contributed by atoms with Crippen molar-refractivity contribution in [1.29, 1.82) is 0 Å². The van der Waals surface area contributed by atoms with Crippen molar-refractivity contribution in [3.05, 3.63) is 29.8 Å². The Morgan fingerprint density at radius 3 is 2.73 bits per heavy atom. The van der Waals surface area contributed by atoms with Gasteiger partial charge in [-0.25, -0.2) is 0 Å². The number of hydrogen-bond donors (Lipinski definition) is 0. The SMILES string of the molecule is CSc1ccccc1C=NCCN(C)C. The number of thioether (sulfide) groups is 1. The molecule has 0 spiro atoms. The lowest BCUT2D eigenvalue weighted by Gasteiger charge is -2.05. The van der Waals surface area contributed by atoms with E-state index in [0.29, 0.717) is 0 Å². The van der Waals surface area contributed by atoms with Crippen LogP contribution in [0.15, 0.2) is 34.2 Å². The van der Waals surface area contributed by atoms with E-state index in [9.17, 15) is 0 Å². The molecule has 82 valence electrons. The van der Waals surface area contributed by atoms with Crippen LogP contribution in [0.1, 0.15) is 5.56 Å². The van der Waals surface area contributed by atoms with Gasteiger partial charge in [-0.1, -0.05) is 18.2 Å². The summed E-state index contributed by atoms with van der Waals surface area (Å²) >= 11 is 1.76. The van der Waals surface area contributed by atoms with Crippen molar-refractivity contribution in [3.63, 3.8) is 0 Å². The molecular formula is C12H18N2S. The smallest absolute Gasteiger partial charge is 0.0516 e. The first-order valence-corrected chi connectivity index (χ1v) is 6.24. The minimum absolute atomic E-state index is 0.857. The van der Waals surface area contributed by atoms with Gasteiger partial charge in [-0.05, 0) is 26.4 Å². The Hall–Kier alpha value is -0.800. The molecule has 1 aromatic carbocycles. The van der Waals surface area contributed by atoms with Gasteiger partial charge in [0.05, 0.1) is 6.54 Å². The Morgan fingerprint density at radius 2 is 2.07 bits per heavy atom. The lowest BCUT2D eigenvalue weighted by molar-refractivity contribution is 0.421. The fourth-order valence-corrected chi connectivity index (χ4v) is 1.76. The van der Waals surface area contributed by atoms with E-state index < -0.39 is 0 Å². The Bertz CT molecular complexity index is 321. The van der Waals surface area contributed by atoms with Crippen molar-refractivity contribution < 1.29 is 0 Å². The van der Waals surface area contributed by atoms with Crippen LogP contribution in [0.3, 0.4) is 0 Å². The van der Waals surface area contributed by atoms with E-state index in [1.54, 1.807) is 11.8 Å². The first-order chi connectivity index (χ1) is 7.24. The Kier molecular flexibility index (Phi) is 5.43. The number of rotatable bonds is 5. The van der Waals surface area contributed by atoms with Crippen molar-refractivity contribution in [1.82, 2.24) is 4.90 Å². The van der Waals surface area contributed by atoms with Crippen LogP contribution in [0.25, 0.3) is 0 Å². The third-order valence-corrected chi connectivity index (χ3v) is 2.86. The third-order valence-electron chi connectivity index (χ3n) is 2.05. The summed E-state index contributed by atoms with van der Waals surface area (Å²) in [6, 6.07) is 8.33. The zero-order chi connectivity index (χ0) is 11.1. The largest absolute Gasteiger partial charge is 0.308 e. The van der Waals surface area contributed by atoms with Crippen molar-refractivity contribution in [2.75, 3.05) is 33.4 Å². The predicted molar refractivity (Wildman–Crippen MR) is 69.2 cm³/mol. The highest BCUT2D eigenvalue weighted by Gasteiger charge is 1.95. The van der Waals surface area contributed by atoms with Crippen LogP contribution < -0.4 is 0 Å². The lowest BCUT2D eigenvalue weighted by Crippen LogP contribution is -2.15. The molecule has 0 aromatic heterocycles. The second-order valence-corrected chi connectivity index (χ2v) is 4.43. The van der Waals surface area contributed by atoms with Crippen LogP contribution in [0.4, 0.5) is 0 Å². The molecular weight excluding hydrogens is 204 g/mol. The monoisotopic (exact) mass is 222 g/mol. The quantitative estimate of drug-likeness (QED) is 0.561. The molecule has 0 aliphatic carbocycles. The zero-order valence-corrected chi connectivity index (χ0v) is 10.4. The molecule has 1 rings (SSSR count). The first-order valence-electron chi connectivity index (χ1n) is 5.01. The highest BCUT2D eigenvalue weighted by Crippen LogP contribution is 2.17. The number of hydrogen-bond acceptors (Lipinski definition) is 3. The van der Waals surface area contributed by atoms with Crippen LogP contribution in [0, 0.1) is 0 Å². The maximum Gasteiger partial charge on any atom is 0.0516 e. The summed E-state index contributed by atoms with van der Waals surface area (Å²) in [6.45, 7) is 1.85. The van der Waals surface area contributed by atoms with E-state index in [1.807, 2.05) is 12.3 Å². The number of benzene rings is 1. The summed E-state index contributed by atoms with van der Waals surface area (Å²) in [7, 11) is 4.12. The van der Waals surface area contributed by atoms with E-state index in [4.69, 9.17) is 0 Å². The molecule has 2 nitrogen and oxygen atoms in total. The molecule has 1 aromatic rings. The second-order valence-electron chi connectivity index (χ2n) is 3.58. The molecule has 0 saturated carbocycles. The molecule has 0 saturated heterocycles. The van der Waals surface area contributed by atoms with Gasteiger partial charge < -0.3 is 4.90 Å². The Labute approximate surface area is 96.4 Å². The zero-order valence-electron chi connectivity index (χ0n) is 9.60. The standard InChI is InChI=1S/C12H18N2S/c1-14(2)9-8-13-10-11-6-4-5-7-12(11)15-3/h4-7,10H,8-9H2,1-3H3. The molecule has 0 heterocycles. The number of nitrogens with zero attached hydrogens (tertiary/aromatic N) is 2. The van der Waals surface area contributed by atoms with Gasteiger partial charge in [0.25, 0.3) is 0 Å². The average Bonchev–Trinajstić information content (AvgIpc) is 2.24. The fourth-order valence-electron chi connectivity index (χ4n) is 1.19. The lowest BCUT2D eigenvalue weighted by atomic mass is 10.2. The minimum atomic E-state index is 0.857. The summed E-state index contributed by atoms with van der Waals surface area (Å²) in [5.74, 6) is 0. The van der Waals surface area contributed by atoms with Gasteiger partial charge in [-0.15, -0.1) is 11.8 Å². The molecule has 3 heteroatoms. The van der Waals surface area contributed by atoms with Gasteiger partial charge in [0.15, 0.2) is 0 Å². The van der Waals surface area contributed by atoms with Gasteiger partial charge in [-0.3, -0.25) is 4.99 Å². The van der Waals surface area contributed by atoms with E-state index in [1.165, 1.54) is 10.5 Å². The van der Waals surface area contributed by atoms with E-state index in [-0.39, 0.29) is 0 Å². The average molecular weight is 222 g/mol. The molecule has 0 atom stereocenters. The topological polar surface area (TPSA) is 15.6 Å². The van der Waals surface area contributed by atoms with Gasteiger partial charge in [-0.2, -0.15) is 0 Å². The van der Waals surface area contributed by atoms with E-state index >= 15 is 0 Å².